The Morgan fingerprint density at radius 3 is 2.62 bits per heavy atom. The van der Waals surface area contributed by atoms with E-state index in [4.69, 9.17) is 5.11 Å². The van der Waals surface area contributed by atoms with Crippen molar-refractivity contribution in [2.75, 3.05) is 5.32 Å². The first-order valence-corrected chi connectivity index (χ1v) is 11.6. The van der Waals surface area contributed by atoms with E-state index < -0.39 is 29.3 Å². The molecule has 1 aliphatic rings. The molecule has 4 aromatic rings. The third-order valence-corrected chi connectivity index (χ3v) is 6.24. The quantitative estimate of drug-likeness (QED) is 0.304. The number of rotatable bonds is 6. The topological polar surface area (TPSA) is 133 Å². The number of pyridine rings is 1. The molecule has 0 radical (unpaired) electrons. The number of hydrogen-bond donors (Lipinski definition) is 4. The van der Waals surface area contributed by atoms with E-state index in [0.717, 1.165) is 24.8 Å². The SMILES string of the molecule is O=C(O)c1cccc(C(=O)N[C@@H]2CCC[C@H](Nc3nc(-c4c[nH]c5c(F)cc(F)cc45)ncc3F)C2)n1. The van der Waals surface area contributed by atoms with Gasteiger partial charge in [0.05, 0.1) is 11.7 Å². The van der Waals surface area contributed by atoms with Crippen LogP contribution in [0.25, 0.3) is 22.3 Å². The number of nitrogens with zero attached hydrogens (tertiary/aromatic N) is 3. The number of amides is 1. The van der Waals surface area contributed by atoms with Crippen molar-refractivity contribution in [2.45, 2.75) is 37.8 Å². The van der Waals surface area contributed by atoms with Crippen molar-refractivity contribution in [2.24, 2.45) is 0 Å². The third-order valence-electron chi connectivity index (χ3n) is 6.24. The summed E-state index contributed by atoms with van der Waals surface area (Å²) in [5.74, 6) is -3.92. The fraction of sp³-hybridized carbons (Fsp3) is 0.240. The number of carbonyl (C=O) groups is 2. The van der Waals surface area contributed by atoms with E-state index in [2.05, 4.69) is 30.6 Å². The van der Waals surface area contributed by atoms with Gasteiger partial charge in [-0.25, -0.2) is 32.9 Å². The highest BCUT2D eigenvalue weighted by molar-refractivity contribution is 5.95. The van der Waals surface area contributed by atoms with Crippen LogP contribution < -0.4 is 10.6 Å². The van der Waals surface area contributed by atoms with E-state index in [-0.39, 0.29) is 46.0 Å². The van der Waals surface area contributed by atoms with E-state index in [1.54, 1.807) is 0 Å². The molecule has 3 aromatic heterocycles. The lowest BCUT2D eigenvalue weighted by Gasteiger charge is -2.30. The number of H-pyrrole nitrogens is 1. The Bertz CT molecular complexity index is 1510. The normalized spacial score (nSPS) is 17.5. The number of aromatic nitrogens is 4. The maximum absolute atomic E-state index is 14.6. The summed E-state index contributed by atoms with van der Waals surface area (Å²) in [5, 5.41) is 15.2. The number of carbonyl (C=O) groups excluding carboxylic acids is 1. The van der Waals surface area contributed by atoms with Crippen molar-refractivity contribution in [3.63, 3.8) is 0 Å². The van der Waals surface area contributed by atoms with Gasteiger partial charge in [0.1, 0.15) is 23.0 Å². The Labute approximate surface area is 208 Å². The molecule has 1 amide bonds. The lowest BCUT2D eigenvalue weighted by molar-refractivity contribution is 0.0690. The lowest BCUT2D eigenvalue weighted by atomic mass is 9.91. The summed E-state index contributed by atoms with van der Waals surface area (Å²) in [6, 6.07) is 5.61. The Balaban J connectivity index is 1.31. The van der Waals surface area contributed by atoms with Crippen molar-refractivity contribution < 1.29 is 27.9 Å². The molecule has 0 unspecified atom stereocenters. The van der Waals surface area contributed by atoms with Crippen molar-refractivity contribution in [3.8, 4) is 11.4 Å². The molecule has 12 heteroatoms. The van der Waals surface area contributed by atoms with Gasteiger partial charge < -0.3 is 20.7 Å². The molecule has 37 heavy (non-hydrogen) atoms. The van der Waals surface area contributed by atoms with Gasteiger partial charge in [-0.3, -0.25) is 4.79 Å². The Hall–Kier alpha value is -4.48. The lowest BCUT2D eigenvalue weighted by Crippen LogP contribution is -2.42. The largest absolute Gasteiger partial charge is 0.477 e. The van der Waals surface area contributed by atoms with Crippen molar-refractivity contribution in [1.29, 1.82) is 0 Å². The number of aromatic amines is 1. The summed E-state index contributed by atoms with van der Waals surface area (Å²) in [7, 11) is 0. The van der Waals surface area contributed by atoms with Crippen LogP contribution in [0.3, 0.4) is 0 Å². The first-order valence-electron chi connectivity index (χ1n) is 11.6. The number of benzene rings is 1. The Morgan fingerprint density at radius 1 is 1.03 bits per heavy atom. The molecule has 1 aliphatic carbocycles. The summed E-state index contributed by atoms with van der Waals surface area (Å²) in [6.07, 6.45) is 5.01. The van der Waals surface area contributed by atoms with Crippen LogP contribution in [0, 0.1) is 17.5 Å². The molecule has 5 rings (SSSR count). The molecule has 1 saturated carbocycles. The fourth-order valence-corrected chi connectivity index (χ4v) is 4.52. The molecule has 0 saturated heterocycles. The van der Waals surface area contributed by atoms with Gasteiger partial charge in [-0.05, 0) is 43.9 Å². The minimum absolute atomic E-state index is 0.00641. The summed E-state index contributed by atoms with van der Waals surface area (Å²) in [4.78, 5) is 38.6. The average molecular weight is 510 g/mol. The first-order chi connectivity index (χ1) is 17.8. The number of anilines is 1. The molecule has 190 valence electrons. The predicted molar refractivity (Wildman–Crippen MR) is 128 cm³/mol. The van der Waals surface area contributed by atoms with Gasteiger partial charge in [0.15, 0.2) is 17.5 Å². The molecule has 9 nitrogen and oxygen atoms in total. The van der Waals surface area contributed by atoms with Gasteiger partial charge in [0, 0.05) is 35.3 Å². The van der Waals surface area contributed by atoms with E-state index in [0.29, 0.717) is 24.8 Å². The molecule has 0 bridgehead atoms. The van der Waals surface area contributed by atoms with Crippen molar-refractivity contribution in [3.05, 3.63) is 71.6 Å². The standard InChI is InChI=1S/C25H21F3N6O3/c26-12-7-15-16(10-29-21(15)17(27)8-12)22-30-11-18(28)23(34-22)31-13-3-1-4-14(9-13)32-24(35)19-5-2-6-20(33-19)25(36)37/h2,5-8,10-11,13-14,29H,1,3-4,9H2,(H,32,35)(H,36,37)(H,30,31,34)/t13-,14+/m0/s1. The van der Waals surface area contributed by atoms with Gasteiger partial charge in [-0.2, -0.15) is 0 Å². The van der Waals surface area contributed by atoms with Crippen molar-refractivity contribution >= 4 is 28.6 Å². The predicted octanol–water partition coefficient (Wildman–Crippen LogP) is 4.29. The molecule has 1 fully saturated rings. The van der Waals surface area contributed by atoms with Crippen LogP contribution in [0.5, 0.6) is 0 Å². The molecule has 2 atom stereocenters. The zero-order chi connectivity index (χ0) is 26.1. The number of halogens is 3. The number of fused-ring (bicyclic) bond motifs is 1. The Morgan fingerprint density at radius 2 is 1.81 bits per heavy atom. The highest BCUT2D eigenvalue weighted by Crippen LogP contribution is 2.30. The van der Waals surface area contributed by atoms with E-state index in [1.807, 2.05) is 0 Å². The van der Waals surface area contributed by atoms with Crippen LogP contribution in [-0.4, -0.2) is 49.0 Å². The molecular weight excluding hydrogens is 489 g/mol. The second-order valence-corrected chi connectivity index (χ2v) is 8.79. The number of aromatic carboxylic acids is 1. The smallest absolute Gasteiger partial charge is 0.354 e. The highest BCUT2D eigenvalue weighted by atomic mass is 19.1. The molecule has 3 heterocycles. The van der Waals surface area contributed by atoms with Gasteiger partial charge in [0.2, 0.25) is 0 Å². The third kappa shape index (κ3) is 5.08. The average Bonchev–Trinajstić information content (AvgIpc) is 3.30. The molecule has 0 aliphatic heterocycles. The molecule has 1 aromatic carbocycles. The maximum Gasteiger partial charge on any atom is 0.354 e. The fourth-order valence-electron chi connectivity index (χ4n) is 4.52. The van der Waals surface area contributed by atoms with E-state index in [1.165, 1.54) is 24.4 Å². The zero-order valence-corrected chi connectivity index (χ0v) is 19.3. The van der Waals surface area contributed by atoms with Crippen LogP contribution in [0.15, 0.2) is 42.7 Å². The maximum atomic E-state index is 14.6. The van der Waals surface area contributed by atoms with Gasteiger partial charge in [-0.1, -0.05) is 6.07 Å². The van der Waals surface area contributed by atoms with Crippen molar-refractivity contribution in [1.82, 2.24) is 25.3 Å². The number of nitrogens with one attached hydrogen (secondary N) is 3. The highest BCUT2D eigenvalue weighted by Gasteiger charge is 2.26. The van der Waals surface area contributed by atoms with Gasteiger partial charge >= 0.3 is 5.97 Å². The molecular formula is C25H21F3N6O3. The monoisotopic (exact) mass is 510 g/mol. The van der Waals surface area contributed by atoms with Gasteiger partial charge in [0.25, 0.3) is 5.91 Å². The summed E-state index contributed by atoms with van der Waals surface area (Å²) in [5.41, 5.74) is 0.175. The molecule has 4 N–H and O–H groups in total. The molecule has 0 spiro atoms. The zero-order valence-electron chi connectivity index (χ0n) is 19.3. The van der Waals surface area contributed by atoms with E-state index >= 15 is 0 Å². The van der Waals surface area contributed by atoms with Gasteiger partial charge in [-0.15, -0.1) is 0 Å². The number of carboxylic acids is 1. The second kappa shape index (κ2) is 9.88. The first kappa shape index (κ1) is 24.2. The van der Waals surface area contributed by atoms with Crippen LogP contribution in [-0.2, 0) is 0 Å². The number of hydrogen-bond acceptors (Lipinski definition) is 6. The van der Waals surface area contributed by atoms with Crippen LogP contribution in [0.4, 0.5) is 19.0 Å². The van der Waals surface area contributed by atoms with Crippen LogP contribution >= 0.6 is 0 Å². The Kier molecular flexibility index (Phi) is 6.47. The van der Waals surface area contributed by atoms with Crippen LogP contribution in [0.1, 0.15) is 46.7 Å². The minimum atomic E-state index is -1.23. The minimum Gasteiger partial charge on any atom is -0.477 e. The second-order valence-electron chi connectivity index (χ2n) is 8.79. The summed E-state index contributed by atoms with van der Waals surface area (Å²) >= 11 is 0. The number of carboxylic acid groups (broad SMARTS) is 1. The van der Waals surface area contributed by atoms with E-state index in [9.17, 15) is 22.8 Å². The summed E-state index contributed by atoms with van der Waals surface area (Å²) < 4.78 is 42.5. The summed E-state index contributed by atoms with van der Waals surface area (Å²) in [6.45, 7) is 0. The van der Waals surface area contributed by atoms with Crippen LogP contribution in [0.2, 0.25) is 0 Å².